The maximum Gasteiger partial charge on any atom is 0.106 e. The predicted molar refractivity (Wildman–Crippen MR) is 66.4 cm³/mol. The molecule has 0 bridgehead atoms. The Hall–Kier alpha value is -0.747. The molecule has 0 saturated carbocycles. The van der Waals surface area contributed by atoms with Gasteiger partial charge in [-0.1, -0.05) is 48.6 Å². The standard InChI is InChI=1S/2C6H10.CH2O.Ru/c2*1-3-5-6-4-2;1-2;/h2*3-6H,1-2H3;1H2;. The van der Waals surface area contributed by atoms with Gasteiger partial charge in [-0.3, -0.25) is 0 Å². The third kappa shape index (κ3) is 60.8. The number of carbonyl (C=O) groups is 1. The second kappa shape index (κ2) is 37.8. The Bertz CT molecular complexity index is 139. The van der Waals surface area contributed by atoms with Crippen LogP contribution in [-0.4, -0.2) is 6.79 Å². The molecule has 0 heterocycles. The van der Waals surface area contributed by atoms with Crippen molar-refractivity contribution >= 4 is 6.79 Å². The van der Waals surface area contributed by atoms with E-state index < -0.39 is 0 Å². The number of rotatable bonds is 2. The Morgan fingerprint density at radius 3 is 0.800 bits per heavy atom. The first-order valence-corrected chi connectivity index (χ1v) is 4.60. The summed E-state index contributed by atoms with van der Waals surface area (Å²) in [4.78, 5) is 8.00. The maximum absolute atomic E-state index is 8.00. The molecule has 0 rings (SSSR count). The fourth-order valence-corrected chi connectivity index (χ4v) is 0.444. The normalized spacial score (nSPS) is 9.60. The Morgan fingerprint density at radius 1 is 0.600 bits per heavy atom. The van der Waals surface area contributed by atoms with Gasteiger partial charge < -0.3 is 4.79 Å². The van der Waals surface area contributed by atoms with Gasteiger partial charge in [-0.05, 0) is 27.7 Å². The molecule has 0 N–H and O–H groups in total. The topological polar surface area (TPSA) is 17.1 Å². The molecule has 0 atom stereocenters. The van der Waals surface area contributed by atoms with Crippen LogP contribution in [0, 0.1) is 0 Å². The van der Waals surface area contributed by atoms with Crippen molar-refractivity contribution in [2.24, 2.45) is 0 Å². The minimum absolute atomic E-state index is 0. The first-order chi connectivity index (χ1) is 6.83. The van der Waals surface area contributed by atoms with E-state index in [4.69, 9.17) is 4.79 Å². The average Bonchev–Trinajstić information content (AvgIpc) is 2.27. The van der Waals surface area contributed by atoms with E-state index in [-0.39, 0.29) is 19.5 Å². The van der Waals surface area contributed by atoms with E-state index in [0.717, 1.165) is 0 Å². The van der Waals surface area contributed by atoms with E-state index in [2.05, 4.69) is 0 Å². The quantitative estimate of drug-likeness (QED) is 0.554. The second-order valence-electron chi connectivity index (χ2n) is 2.10. The van der Waals surface area contributed by atoms with Crippen LogP contribution in [0.2, 0.25) is 0 Å². The van der Waals surface area contributed by atoms with Crippen molar-refractivity contribution in [2.75, 3.05) is 0 Å². The molecule has 88 valence electrons. The molecule has 0 amide bonds. The Kier molecular flexibility index (Phi) is 60.0. The molecule has 0 aliphatic carbocycles. The van der Waals surface area contributed by atoms with Gasteiger partial charge in [0.05, 0.1) is 0 Å². The van der Waals surface area contributed by atoms with Crippen LogP contribution in [0.5, 0.6) is 0 Å². The Balaban J connectivity index is -0.0000000653. The molecule has 0 fully saturated rings. The molecule has 0 aliphatic rings. The summed E-state index contributed by atoms with van der Waals surface area (Å²) in [7, 11) is 0. The molecule has 0 aromatic heterocycles. The molecule has 0 aromatic carbocycles. The van der Waals surface area contributed by atoms with E-state index >= 15 is 0 Å². The summed E-state index contributed by atoms with van der Waals surface area (Å²) in [6.45, 7) is 10.0. The SMILES string of the molecule is C=O.CC=CC=CC.CC=CC=CC.[Ru]. The number of allylic oxidation sites excluding steroid dienone is 8. The summed E-state index contributed by atoms with van der Waals surface area (Å²) in [6.07, 6.45) is 16.0. The first kappa shape index (κ1) is 23.8. The molecule has 1 nitrogen and oxygen atoms in total. The van der Waals surface area contributed by atoms with Gasteiger partial charge >= 0.3 is 0 Å². The zero-order valence-electron chi connectivity index (χ0n) is 10.1. The van der Waals surface area contributed by atoms with Crippen molar-refractivity contribution in [3.05, 3.63) is 48.6 Å². The minimum Gasteiger partial charge on any atom is -0.307 e. The molecule has 0 aliphatic heterocycles. The fraction of sp³-hybridized carbons (Fsp3) is 0.308. The number of carbonyl (C=O) groups excluding carboxylic acids is 1. The molecule has 0 saturated heterocycles. The van der Waals surface area contributed by atoms with Crippen LogP contribution >= 0.6 is 0 Å². The van der Waals surface area contributed by atoms with Crippen LogP contribution in [-0.2, 0) is 24.3 Å². The minimum atomic E-state index is 0. The molecule has 2 heteroatoms. The van der Waals surface area contributed by atoms with Crippen molar-refractivity contribution in [3.8, 4) is 0 Å². The van der Waals surface area contributed by atoms with Crippen molar-refractivity contribution in [3.63, 3.8) is 0 Å². The fourth-order valence-electron chi connectivity index (χ4n) is 0.444. The van der Waals surface area contributed by atoms with E-state index in [0.29, 0.717) is 0 Å². The predicted octanol–water partition coefficient (Wildman–Crippen LogP) is 4.09. The summed E-state index contributed by atoms with van der Waals surface area (Å²) in [5, 5.41) is 0. The summed E-state index contributed by atoms with van der Waals surface area (Å²) < 4.78 is 0. The van der Waals surface area contributed by atoms with E-state index in [9.17, 15) is 0 Å². The van der Waals surface area contributed by atoms with E-state index in [1.807, 2.05) is 83.1 Å². The van der Waals surface area contributed by atoms with Crippen LogP contribution in [0.25, 0.3) is 0 Å². The van der Waals surface area contributed by atoms with Crippen molar-refractivity contribution in [1.29, 1.82) is 0 Å². The molecule has 0 aromatic rings. The summed E-state index contributed by atoms with van der Waals surface area (Å²) in [6, 6.07) is 0. The zero-order chi connectivity index (χ0) is 11.7. The monoisotopic (exact) mass is 296 g/mol. The van der Waals surface area contributed by atoms with Crippen molar-refractivity contribution < 1.29 is 24.3 Å². The van der Waals surface area contributed by atoms with Gasteiger partial charge in [0, 0.05) is 19.5 Å². The van der Waals surface area contributed by atoms with E-state index in [1.54, 1.807) is 0 Å². The average molecular weight is 295 g/mol. The Morgan fingerprint density at radius 2 is 0.733 bits per heavy atom. The summed E-state index contributed by atoms with van der Waals surface area (Å²) >= 11 is 0. The van der Waals surface area contributed by atoms with Crippen LogP contribution in [0.3, 0.4) is 0 Å². The van der Waals surface area contributed by atoms with Crippen LogP contribution in [0.4, 0.5) is 0 Å². The van der Waals surface area contributed by atoms with E-state index in [1.165, 1.54) is 0 Å². The molecule has 0 unspecified atom stereocenters. The van der Waals surface area contributed by atoms with Gasteiger partial charge in [0.15, 0.2) is 0 Å². The zero-order valence-corrected chi connectivity index (χ0v) is 11.8. The third-order valence-corrected chi connectivity index (χ3v) is 0.992. The van der Waals surface area contributed by atoms with Gasteiger partial charge in [0.25, 0.3) is 0 Å². The smallest absolute Gasteiger partial charge is 0.106 e. The number of hydrogen-bond donors (Lipinski definition) is 0. The summed E-state index contributed by atoms with van der Waals surface area (Å²) in [5.74, 6) is 0. The maximum atomic E-state index is 8.00. The van der Waals surface area contributed by atoms with Crippen molar-refractivity contribution in [2.45, 2.75) is 27.7 Å². The van der Waals surface area contributed by atoms with Gasteiger partial charge in [-0.15, -0.1) is 0 Å². The van der Waals surface area contributed by atoms with Gasteiger partial charge in [0.2, 0.25) is 0 Å². The third-order valence-electron chi connectivity index (χ3n) is 0.992. The largest absolute Gasteiger partial charge is 0.307 e. The van der Waals surface area contributed by atoms with Crippen LogP contribution in [0.1, 0.15) is 27.7 Å². The van der Waals surface area contributed by atoms with Crippen LogP contribution in [0.15, 0.2) is 48.6 Å². The molecular weight excluding hydrogens is 273 g/mol. The summed E-state index contributed by atoms with van der Waals surface area (Å²) in [5.41, 5.74) is 0. The molecule has 0 radical (unpaired) electrons. The first-order valence-electron chi connectivity index (χ1n) is 4.60. The molecule has 15 heavy (non-hydrogen) atoms. The van der Waals surface area contributed by atoms with Gasteiger partial charge in [-0.25, -0.2) is 0 Å². The van der Waals surface area contributed by atoms with Crippen molar-refractivity contribution in [1.82, 2.24) is 0 Å². The molecule has 0 spiro atoms. The number of hydrogen-bond acceptors (Lipinski definition) is 1. The molecular formula is C13H22ORu. The van der Waals surface area contributed by atoms with Gasteiger partial charge in [-0.2, -0.15) is 0 Å². The van der Waals surface area contributed by atoms with Gasteiger partial charge in [0.1, 0.15) is 6.79 Å². The van der Waals surface area contributed by atoms with Crippen LogP contribution < -0.4 is 0 Å². The Labute approximate surface area is 107 Å². The second-order valence-corrected chi connectivity index (χ2v) is 2.10.